The Labute approximate surface area is 229 Å². The fraction of sp³-hybridized carbons (Fsp3) is 0.242. The summed E-state index contributed by atoms with van der Waals surface area (Å²) in [4.78, 5) is 39.6. The van der Waals surface area contributed by atoms with Gasteiger partial charge in [0.05, 0.1) is 0 Å². The van der Waals surface area contributed by atoms with Gasteiger partial charge in [0.1, 0.15) is 6.04 Å². The molecule has 1 saturated carbocycles. The molecule has 0 saturated heterocycles. The normalized spacial score (nSPS) is 15.5. The number of ether oxygens (including phenoxy) is 1. The van der Waals surface area contributed by atoms with Crippen LogP contribution in [0.2, 0.25) is 0 Å². The molecule has 0 aliphatic heterocycles. The van der Waals surface area contributed by atoms with Gasteiger partial charge in [0.2, 0.25) is 12.0 Å². The Morgan fingerprint density at radius 1 is 0.718 bits per heavy atom. The molecule has 1 aliphatic rings. The van der Waals surface area contributed by atoms with Crippen LogP contribution in [0.3, 0.4) is 0 Å². The van der Waals surface area contributed by atoms with Crippen molar-refractivity contribution in [3.63, 3.8) is 0 Å². The third-order valence-corrected chi connectivity index (χ3v) is 6.65. The average Bonchev–Trinajstić information content (AvgIpc) is 2.99. The van der Waals surface area contributed by atoms with Crippen LogP contribution in [-0.4, -0.2) is 29.9 Å². The van der Waals surface area contributed by atoms with E-state index in [1.54, 1.807) is 24.3 Å². The minimum atomic E-state index is -1.27. The molecular weight excluding hydrogens is 488 g/mol. The monoisotopic (exact) mass is 522 g/mol. The van der Waals surface area contributed by atoms with E-state index < -0.39 is 29.9 Å². The molecule has 2 N–H and O–H groups in total. The van der Waals surface area contributed by atoms with E-state index in [9.17, 15) is 14.4 Å². The SMILES string of the molecule is O=C(/C=C/c1ccccc1)N[C@@H](c1ccccc1)[C@@H](OC(=O)/C=C/c1ccccc1)C(=O)NC1CCCCC1. The molecule has 6 heteroatoms. The summed E-state index contributed by atoms with van der Waals surface area (Å²) in [7, 11) is 0. The molecule has 0 heterocycles. The lowest BCUT2D eigenvalue weighted by Crippen LogP contribution is -2.50. The molecule has 0 bridgehead atoms. The number of carbonyl (C=O) groups is 3. The molecule has 6 nitrogen and oxygen atoms in total. The summed E-state index contributed by atoms with van der Waals surface area (Å²) in [5.74, 6) is -1.50. The van der Waals surface area contributed by atoms with E-state index in [-0.39, 0.29) is 6.04 Å². The van der Waals surface area contributed by atoms with Crippen LogP contribution in [-0.2, 0) is 19.1 Å². The molecule has 0 aromatic heterocycles. The lowest BCUT2D eigenvalue weighted by molar-refractivity contribution is -0.154. The smallest absolute Gasteiger partial charge is 0.331 e. The maximum atomic E-state index is 13.6. The molecule has 0 radical (unpaired) electrons. The van der Waals surface area contributed by atoms with E-state index in [2.05, 4.69) is 10.6 Å². The summed E-state index contributed by atoms with van der Waals surface area (Å²) in [6.07, 6.45) is 9.76. The minimum Gasteiger partial charge on any atom is -0.446 e. The summed E-state index contributed by atoms with van der Waals surface area (Å²) in [6, 6.07) is 27.0. The van der Waals surface area contributed by atoms with Gasteiger partial charge in [-0.15, -0.1) is 0 Å². The number of hydrogen-bond donors (Lipinski definition) is 2. The lowest BCUT2D eigenvalue weighted by Gasteiger charge is -2.30. The van der Waals surface area contributed by atoms with Crippen LogP contribution >= 0.6 is 0 Å². The van der Waals surface area contributed by atoms with Crippen molar-refractivity contribution in [1.29, 1.82) is 0 Å². The van der Waals surface area contributed by atoms with Gasteiger partial charge in [-0.2, -0.15) is 0 Å². The minimum absolute atomic E-state index is 0.0115. The van der Waals surface area contributed by atoms with E-state index >= 15 is 0 Å². The molecule has 39 heavy (non-hydrogen) atoms. The average molecular weight is 523 g/mol. The van der Waals surface area contributed by atoms with Crippen LogP contribution in [0.5, 0.6) is 0 Å². The number of amides is 2. The van der Waals surface area contributed by atoms with Crippen molar-refractivity contribution in [2.75, 3.05) is 0 Å². The maximum absolute atomic E-state index is 13.6. The number of carbonyl (C=O) groups excluding carboxylic acids is 3. The number of hydrogen-bond acceptors (Lipinski definition) is 4. The maximum Gasteiger partial charge on any atom is 0.331 e. The Morgan fingerprint density at radius 2 is 1.26 bits per heavy atom. The van der Waals surface area contributed by atoms with Crippen molar-refractivity contribution in [3.05, 3.63) is 120 Å². The summed E-state index contributed by atoms with van der Waals surface area (Å²) in [5, 5.41) is 5.98. The fourth-order valence-corrected chi connectivity index (χ4v) is 4.63. The van der Waals surface area contributed by atoms with E-state index in [4.69, 9.17) is 4.74 Å². The molecule has 2 atom stereocenters. The van der Waals surface area contributed by atoms with Gasteiger partial charge in [-0.25, -0.2) is 4.79 Å². The van der Waals surface area contributed by atoms with Crippen molar-refractivity contribution < 1.29 is 19.1 Å². The van der Waals surface area contributed by atoms with Gasteiger partial charge in [0.25, 0.3) is 5.91 Å². The molecule has 1 aliphatic carbocycles. The van der Waals surface area contributed by atoms with Crippen molar-refractivity contribution >= 4 is 29.9 Å². The van der Waals surface area contributed by atoms with Gasteiger partial charge in [0, 0.05) is 18.2 Å². The van der Waals surface area contributed by atoms with Gasteiger partial charge in [0.15, 0.2) is 0 Å². The molecule has 0 spiro atoms. The zero-order valence-electron chi connectivity index (χ0n) is 21.9. The quantitative estimate of drug-likeness (QED) is 0.267. The zero-order valence-corrected chi connectivity index (χ0v) is 21.9. The second-order valence-corrected chi connectivity index (χ2v) is 9.59. The lowest BCUT2D eigenvalue weighted by atomic mass is 9.94. The summed E-state index contributed by atoms with van der Waals surface area (Å²) < 4.78 is 5.78. The number of benzene rings is 3. The first-order chi connectivity index (χ1) is 19.1. The molecule has 0 unspecified atom stereocenters. The van der Waals surface area contributed by atoms with Crippen molar-refractivity contribution in [1.82, 2.24) is 10.6 Å². The standard InChI is InChI=1S/C33H34N2O4/c36-29(23-21-25-13-5-1-6-14-25)35-31(27-17-9-3-10-18-27)32(33(38)34-28-19-11-4-12-20-28)39-30(37)24-22-26-15-7-2-8-16-26/h1-3,5-10,13-18,21-24,28,31-32H,4,11-12,19-20H2,(H,34,38)(H,35,36)/b23-21+,24-22+/t31-,32+/m0/s1. The summed E-state index contributed by atoms with van der Waals surface area (Å²) >= 11 is 0. The van der Waals surface area contributed by atoms with Crippen LogP contribution in [0.1, 0.15) is 54.8 Å². The first-order valence-corrected chi connectivity index (χ1v) is 13.4. The van der Waals surface area contributed by atoms with Gasteiger partial charge < -0.3 is 15.4 Å². The van der Waals surface area contributed by atoms with Crippen LogP contribution in [0.4, 0.5) is 0 Å². The van der Waals surface area contributed by atoms with Crippen LogP contribution in [0, 0.1) is 0 Å². The Morgan fingerprint density at radius 3 is 1.85 bits per heavy atom. The first-order valence-electron chi connectivity index (χ1n) is 13.4. The highest BCUT2D eigenvalue weighted by Crippen LogP contribution is 2.23. The van der Waals surface area contributed by atoms with Crippen molar-refractivity contribution in [2.24, 2.45) is 0 Å². The predicted octanol–water partition coefficient (Wildman–Crippen LogP) is 5.63. The second-order valence-electron chi connectivity index (χ2n) is 9.59. The molecular formula is C33H34N2O4. The Kier molecular flexibility index (Phi) is 10.2. The summed E-state index contributed by atoms with van der Waals surface area (Å²) in [5.41, 5.74) is 2.35. The van der Waals surface area contributed by atoms with Crippen molar-refractivity contribution in [3.8, 4) is 0 Å². The van der Waals surface area contributed by atoms with Gasteiger partial charge in [-0.1, -0.05) is 110 Å². The molecule has 200 valence electrons. The molecule has 2 amide bonds. The molecule has 1 fully saturated rings. The molecule has 4 rings (SSSR count). The van der Waals surface area contributed by atoms with Gasteiger partial charge >= 0.3 is 5.97 Å². The third-order valence-electron chi connectivity index (χ3n) is 6.65. The topological polar surface area (TPSA) is 84.5 Å². The van der Waals surface area contributed by atoms with Crippen molar-refractivity contribution in [2.45, 2.75) is 50.3 Å². The number of rotatable bonds is 10. The Hall–Kier alpha value is -4.45. The van der Waals surface area contributed by atoms with Gasteiger partial charge in [-0.3, -0.25) is 9.59 Å². The van der Waals surface area contributed by atoms with Crippen LogP contribution < -0.4 is 10.6 Å². The van der Waals surface area contributed by atoms with E-state index in [1.807, 2.05) is 78.9 Å². The second kappa shape index (κ2) is 14.5. The number of esters is 1. The van der Waals surface area contributed by atoms with Crippen LogP contribution in [0.25, 0.3) is 12.2 Å². The van der Waals surface area contributed by atoms with E-state index in [0.29, 0.717) is 5.56 Å². The number of nitrogens with one attached hydrogen (secondary N) is 2. The Bertz CT molecular complexity index is 1270. The summed E-state index contributed by atoms with van der Waals surface area (Å²) in [6.45, 7) is 0. The Balaban J connectivity index is 1.58. The molecule has 3 aromatic rings. The third kappa shape index (κ3) is 8.82. The van der Waals surface area contributed by atoms with E-state index in [1.165, 1.54) is 12.2 Å². The predicted molar refractivity (Wildman–Crippen MR) is 153 cm³/mol. The molecule has 3 aromatic carbocycles. The van der Waals surface area contributed by atoms with E-state index in [0.717, 1.165) is 43.2 Å². The van der Waals surface area contributed by atoms with Gasteiger partial charge in [-0.05, 0) is 41.7 Å². The van der Waals surface area contributed by atoms with Crippen LogP contribution in [0.15, 0.2) is 103 Å². The largest absolute Gasteiger partial charge is 0.446 e. The zero-order chi connectivity index (χ0) is 27.3. The highest BCUT2D eigenvalue weighted by Gasteiger charge is 2.35. The first kappa shape index (κ1) is 27.6. The highest BCUT2D eigenvalue weighted by molar-refractivity contribution is 5.94. The fourth-order valence-electron chi connectivity index (χ4n) is 4.63. The highest BCUT2D eigenvalue weighted by atomic mass is 16.5.